The van der Waals surface area contributed by atoms with Gasteiger partial charge in [0.2, 0.25) is 5.43 Å². The van der Waals surface area contributed by atoms with Crippen LogP contribution in [0.2, 0.25) is 0 Å². The highest BCUT2D eigenvalue weighted by Gasteiger charge is 2.49. The maximum absolute atomic E-state index is 13.4. The number of halogens is 5. The van der Waals surface area contributed by atoms with Crippen molar-refractivity contribution in [1.29, 1.82) is 0 Å². The molecular weight excluding hydrogens is 325 g/mol. The monoisotopic (exact) mass is 335 g/mol. The molecule has 1 aromatic heterocycles. The number of aromatic carboxylic acids is 1. The van der Waals surface area contributed by atoms with Crippen molar-refractivity contribution in [2.75, 3.05) is 0 Å². The Hall–Kier alpha value is -2.45. The number of carboxylic acids is 1. The fraction of sp³-hybridized carbons (Fsp3) is 0.286. The van der Waals surface area contributed by atoms with Crippen molar-refractivity contribution in [1.82, 2.24) is 4.57 Å². The lowest BCUT2D eigenvalue weighted by molar-refractivity contribution is -0.201. The number of fused-ring (bicyclic) bond motifs is 1. The molecule has 1 aromatic carbocycles. The first-order chi connectivity index (χ1) is 10.4. The average molecular weight is 335 g/mol. The summed E-state index contributed by atoms with van der Waals surface area (Å²) in [5, 5.41) is 8.33. The Morgan fingerprint density at radius 1 is 1.13 bits per heavy atom. The second kappa shape index (κ2) is 5.04. The Balaban J connectivity index is 3.05. The summed E-state index contributed by atoms with van der Waals surface area (Å²) in [6.45, 7) is 1.45. The van der Waals surface area contributed by atoms with Gasteiger partial charge in [0.05, 0.1) is 5.52 Å². The fourth-order valence-electron chi connectivity index (χ4n) is 2.07. The Morgan fingerprint density at radius 3 is 2.13 bits per heavy atom. The molecule has 0 spiro atoms. The summed E-state index contributed by atoms with van der Waals surface area (Å²) in [7, 11) is 0. The molecule has 0 aliphatic rings. The number of aromatic nitrogens is 1. The molecule has 9 heteroatoms. The third kappa shape index (κ3) is 2.55. The zero-order chi connectivity index (χ0) is 17.7. The van der Waals surface area contributed by atoms with Crippen LogP contribution in [0.3, 0.4) is 0 Å². The zero-order valence-corrected chi connectivity index (χ0v) is 11.8. The van der Waals surface area contributed by atoms with Gasteiger partial charge in [-0.15, -0.1) is 0 Å². The van der Waals surface area contributed by atoms with E-state index in [2.05, 4.69) is 0 Å². The molecule has 124 valence electrons. The van der Waals surface area contributed by atoms with Crippen LogP contribution in [0, 0.1) is 11.6 Å². The van der Waals surface area contributed by atoms with Crippen molar-refractivity contribution in [2.45, 2.75) is 25.6 Å². The number of rotatable bonds is 2. The maximum atomic E-state index is 13.4. The molecule has 0 saturated carbocycles. The van der Waals surface area contributed by atoms with Crippen LogP contribution < -0.4 is 5.43 Å². The van der Waals surface area contributed by atoms with Crippen molar-refractivity contribution < 1.29 is 31.9 Å². The first-order valence-corrected chi connectivity index (χ1v) is 6.23. The standard InChI is InChI=1S/C14H10F5NO3/c1-13(2,14(17,18)19)20-5-7(12(22)23)11(21)6-3-8(15)9(16)4-10(6)20/h3-5H,1-2H3,(H,22,23). The van der Waals surface area contributed by atoms with Gasteiger partial charge >= 0.3 is 12.1 Å². The Labute approximate surface area is 125 Å². The molecule has 0 saturated heterocycles. The van der Waals surface area contributed by atoms with Crippen LogP contribution in [0.4, 0.5) is 22.0 Å². The van der Waals surface area contributed by atoms with Crippen molar-refractivity contribution in [3.8, 4) is 0 Å². The van der Waals surface area contributed by atoms with Crippen molar-refractivity contribution in [3.63, 3.8) is 0 Å². The van der Waals surface area contributed by atoms with Gasteiger partial charge in [0.25, 0.3) is 0 Å². The summed E-state index contributed by atoms with van der Waals surface area (Å²) in [5.74, 6) is -4.69. The van der Waals surface area contributed by atoms with Gasteiger partial charge in [0, 0.05) is 17.6 Å². The van der Waals surface area contributed by atoms with E-state index in [0.29, 0.717) is 22.9 Å². The van der Waals surface area contributed by atoms with Gasteiger partial charge in [0.15, 0.2) is 11.6 Å². The number of benzene rings is 1. The molecule has 23 heavy (non-hydrogen) atoms. The number of alkyl halides is 3. The molecule has 0 radical (unpaired) electrons. The van der Waals surface area contributed by atoms with Crippen LogP contribution in [0.5, 0.6) is 0 Å². The molecule has 1 N–H and O–H groups in total. The van der Waals surface area contributed by atoms with E-state index in [1.54, 1.807) is 0 Å². The van der Waals surface area contributed by atoms with E-state index in [-0.39, 0.29) is 0 Å². The lowest BCUT2D eigenvalue weighted by atomic mass is 10.0. The van der Waals surface area contributed by atoms with E-state index < -0.39 is 51.2 Å². The second-order valence-electron chi connectivity index (χ2n) is 5.39. The lowest BCUT2D eigenvalue weighted by Gasteiger charge is -2.32. The molecule has 0 aliphatic heterocycles. The molecule has 0 fully saturated rings. The molecule has 0 atom stereocenters. The van der Waals surface area contributed by atoms with E-state index in [0.717, 1.165) is 13.8 Å². The summed E-state index contributed by atoms with van der Waals surface area (Å²) < 4.78 is 66.9. The highest BCUT2D eigenvalue weighted by molar-refractivity contribution is 5.92. The Bertz CT molecular complexity index is 867. The van der Waals surface area contributed by atoms with Crippen molar-refractivity contribution in [2.24, 2.45) is 0 Å². The number of hydrogen-bond donors (Lipinski definition) is 1. The van der Waals surface area contributed by atoms with Crippen LogP contribution in [-0.2, 0) is 5.54 Å². The largest absolute Gasteiger partial charge is 0.477 e. The number of nitrogens with zero attached hydrogens (tertiary/aromatic N) is 1. The molecule has 0 amide bonds. The minimum absolute atomic E-state index is 0.391. The van der Waals surface area contributed by atoms with Gasteiger partial charge in [-0.2, -0.15) is 13.2 Å². The summed E-state index contributed by atoms with van der Waals surface area (Å²) in [4.78, 5) is 23.1. The van der Waals surface area contributed by atoms with Crippen LogP contribution in [0.1, 0.15) is 24.2 Å². The molecule has 0 aliphatic carbocycles. The van der Waals surface area contributed by atoms with E-state index in [4.69, 9.17) is 5.11 Å². The number of hydrogen-bond acceptors (Lipinski definition) is 2. The summed E-state index contributed by atoms with van der Waals surface area (Å²) in [5.41, 5.74) is -5.38. The summed E-state index contributed by atoms with van der Waals surface area (Å²) >= 11 is 0. The summed E-state index contributed by atoms with van der Waals surface area (Å²) in [6.07, 6.45) is -4.35. The second-order valence-corrected chi connectivity index (χ2v) is 5.39. The molecule has 2 rings (SSSR count). The molecular formula is C14H10F5NO3. The topological polar surface area (TPSA) is 59.3 Å². The first-order valence-electron chi connectivity index (χ1n) is 6.23. The van der Waals surface area contributed by atoms with E-state index in [1.165, 1.54) is 0 Å². The number of pyridine rings is 1. The van der Waals surface area contributed by atoms with Gasteiger partial charge in [-0.05, 0) is 19.9 Å². The van der Waals surface area contributed by atoms with Crippen LogP contribution in [-0.4, -0.2) is 21.8 Å². The van der Waals surface area contributed by atoms with Crippen LogP contribution >= 0.6 is 0 Å². The minimum Gasteiger partial charge on any atom is -0.477 e. The fourth-order valence-corrected chi connectivity index (χ4v) is 2.07. The highest BCUT2D eigenvalue weighted by Crippen LogP contribution is 2.38. The van der Waals surface area contributed by atoms with E-state index >= 15 is 0 Å². The van der Waals surface area contributed by atoms with Crippen LogP contribution in [0.15, 0.2) is 23.1 Å². The quantitative estimate of drug-likeness (QED) is 0.857. The maximum Gasteiger partial charge on any atom is 0.411 e. The predicted octanol–water partition coefficient (Wildman–Crippen LogP) is 3.28. The van der Waals surface area contributed by atoms with Gasteiger partial charge in [0.1, 0.15) is 11.1 Å². The highest BCUT2D eigenvalue weighted by atomic mass is 19.4. The van der Waals surface area contributed by atoms with Gasteiger partial charge in [-0.1, -0.05) is 0 Å². The van der Waals surface area contributed by atoms with Crippen molar-refractivity contribution >= 4 is 16.9 Å². The van der Waals surface area contributed by atoms with E-state index in [1.807, 2.05) is 0 Å². The smallest absolute Gasteiger partial charge is 0.411 e. The number of carbonyl (C=O) groups is 1. The third-order valence-electron chi connectivity index (χ3n) is 3.57. The molecule has 0 bridgehead atoms. The first kappa shape index (κ1) is 16.9. The van der Waals surface area contributed by atoms with Gasteiger partial charge < -0.3 is 9.67 Å². The number of carboxylic acid groups (broad SMARTS) is 1. The third-order valence-corrected chi connectivity index (χ3v) is 3.57. The van der Waals surface area contributed by atoms with Gasteiger partial charge in [-0.3, -0.25) is 4.79 Å². The Morgan fingerprint density at radius 2 is 1.65 bits per heavy atom. The predicted molar refractivity (Wildman–Crippen MR) is 70.5 cm³/mol. The van der Waals surface area contributed by atoms with Crippen LogP contribution in [0.25, 0.3) is 10.9 Å². The molecule has 2 aromatic rings. The van der Waals surface area contributed by atoms with E-state index in [9.17, 15) is 31.5 Å². The summed E-state index contributed by atoms with van der Waals surface area (Å²) in [6, 6.07) is 0.827. The zero-order valence-electron chi connectivity index (χ0n) is 11.8. The molecule has 1 heterocycles. The average Bonchev–Trinajstić information content (AvgIpc) is 2.39. The lowest BCUT2D eigenvalue weighted by Crippen LogP contribution is -2.43. The SMILES string of the molecule is CC(C)(n1cc(C(=O)O)c(=O)c2cc(F)c(F)cc21)C(F)(F)F. The normalized spacial score (nSPS) is 12.7. The molecule has 0 unspecified atom stereocenters. The Kier molecular flexibility index (Phi) is 3.70. The molecule has 4 nitrogen and oxygen atoms in total. The van der Waals surface area contributed by atoms with Gasteiger partial charge in [-0.25, -0.2) is 13.6 Å². The minimum atomic E-state index is -4.84. The van der Waals surface area contributed by atoms with Crippen molar-refractivity contribution in [3.05, 3.63) is 45.8 Å².